The molecule has 0 amide bonds. The van der Waals surface area contributed by atoms with E-state index in [0.29, 0.717) is 6.54 Å². The molecule has 5 heteroatoms. The average molecular weight is 178 g/mol. The molecule has 1 fully saturated rings. The van der Waals surface area contributed by atoms with E-state index in [1.165, 1.54) is 4.41 Å². The summed E-state index contributed by atoms with van der Waals surface area (Å²) in [6.45, 7) is 3.06. The highest BCUT2D eigenvalue weighted by atomic mass is 32.2. The fourth-order valence-corrected chi connectivity index (χ4v) is 2.06. The van der Waals surface area contributed by atoms with Gasteiger partial charge in [-0.3, -0.25) is 0 Å². The lowest BCUT2D eigenvalue weighted by Crippen LogP contribution is -2.47. The van der Waals surface area contributed by atoms with Crippen molar-refractivity contribution in [3.8, 4) is 0 Å². The van der Waals surface area contributed by atoms with Crippen molar-refractivity contribution in [2.45, 2.75) is 19.8 Å². The van der Waals surface area contributed by atoms with Gasteiger partial charge in [0.15, 0.2) is 0 Å². The van der Waals surface area contributed by atoms with E-state index in [-0.39, 0.29) is 5.75 Å². The summed E-state index contributed by atoms with van der Waals surface area (Å²) in [6, 6.07) is 0. The summed E-state index contributed by atoms with van der Waals surface area (Å²) >= 11 is 0. The Bertz CT molecular complexity index is 207. The van der Waals surface area contributed by atoms with E-state index < -0.39 is 10.0 Å². The van der Waals surface area contributed by atoms with Gasteiger partial charge in [0.25, 0.3) is 0 Å². The summed E-state index contributed by atoms with van der Waals surface area (Å²) in [5, 5.41) is 0. The molecule has 0 aromatic heterocycles. The summed E-state index contributed by atoms with van der Waals surface area (Å²) in [6.07, 6.45) is 2.03. The van der Waals surface area contributed by atoms with E-state index in [1.54, 1.807) is 6.92 Å². The van der Waals surface area contributed by atoms with Crippen LogP contribution in [0.5, 0.6) is 0 Å². The van der Waals surface area contributed by atoms with Gasteiger partial charge >= 0.3 is 0 Å². The Morgan fingerprint density at radius 3 is 2.64 bits per heavy atom. The summed E-state index contributed by atoms with van der Waals surface area (Å²) in [7, 11) is -3.00. The molecule has 0 radical (unpaired) electrons. The Morgan fingerprint density at radius 1 is 1.45 bits per heavy atom. The molecule has 1 aliphatic heterocycles. The Balaban J connectivity index is 2.58. The fraction of sp³-hybridized carbons (Fsp3) is 1.00. The maximum atomic E-state index is 11.2. The molecule has 66 valence electrons. The first-order valence-electron chi connectivity index (χ1n) is 3.91. The van der Waals surface area contributed by atoms with Crippen LogP contribution in [0.3, 0.4) is 0 Å². The molecule has 0 unspecified atom stereocenters. The van der Waals surface area contributed by atoms with Crippen LogP contribution in [0.1, 0.15) is 19.8 Å². The normalized spacial score (nSPS) is 21.9. The van der Waals surface area contributed by atoms with Crippen LogP contribution in [-0.4, -0.2) is 31.7 Å². The van der Waals surface area contributed by atoms with Gasteiger partial charge in [-0.15, -0.1) is 4.41 Å². The van der Waals surface area contributed by atoms with Crippen LogP contribution in [0.2, 0.25) is 0 Å². The molecular weight excluding hydrogens is 164 g/mol. The zero-order valence-corrected chi connectivity index (χ0v) is 7.52. The molecule has 1 saturated heterocycles. The van der Waals surface area contributed by atoms with Crippen molar-refractivity contribution in [1.29, 1.82) is 0 Å². The molecule has 1 N–H and O–H groups in total. The highest BCUT2D eigenvalue weighted by Gasteiger charge is 2.20. The van der Waals surface area contributed by atoms with E-state index in [9.17, 15) is 8.42 Å². The minimum absolute atomic E-state index is 0.181. The van der Waals surface area contributed by atoms with Gasteiger partial charge in [0.2, 0.25) is 10.0 Å². The van der Waals surface area contributed by atoms with Crippen LogP contribution < -0.4 is 5.43 Å². The molecule has 4 nitrogen and oxygen atoms in total. The standard InChI is InChI=1S/C6H14N2O2S/c1-2-11(9,10)8-6-4-3-5-7-8/h7H,2-6H2,1H3. The zero-order chi connectivity index (χ0) is 8.32. The smallest absolute Gasteiger partial charge is 0.226 e. The van der Waals surface area contributed by atoms with Gasteiger partial charge < -0.3 is 0 Å². The third kappa shape index (κ3) is 2.15. The minimum atomic E-state index is -3.00. The molecule has 0 aromatic rings. The maximum absolute atomic E-state index is 11.2. The highest BCUT2D eigenvalue weighted by Crippen LogP contribution is 2.04. The molecule has 0 atom stereocenters. The molecule has 0 aromatic carbocycles. The molecule has 1 rings (SSSR count). The second-order valence-electron chi connectivity index (χ2n) is 2.59. The second kappa shape index (κ2) is 3.51. The monoisotopic (exact) mass is 178 g/mol. The minimum Gasteiger partial charge on any atom is -0.241 e. The second-order valence-corrected chi connectivity index (χ2v) is 4.77. The van der Waals surface area contributed by atoms with Crippen molar-refractivity contribution < 1.29 is 8.42 Å². The molecule has 0 saturated carbocycles. The number of rotatable bonds is 2. The van der Waals surface area contributed by atoms with E-state index >= 15 is 0 Å². The van der Waals surface area contributed by atoms with E-state index in [4.69, 9.17) is 0 Å². The first kappa shape index (κ1) is 8.96. The van der Waals surface area contributed by atoms with Gasteiger partial charge in [0, 0.05) is 13.1 Å². The molecule has 11 heavy (non-hydrogen) atoms. The lowest BCUT2D eigenvalue weighted by Gasteiger charge is -2.26. The molecule has 0 bridgehead atoms. The van der Waals surface area contributed by atoms with Gasteiger partial charge in [-0.05, 0) is 19.8 Å². The maximum Gasteiger partial charge on any atom is 0.226 e. The highest BCUT2D eigenvalue weighted by molar-refractivity contribution is 7.89. The number of nitrogens with one attached hydrogen (secondary N) is 1. The lowest BCUT2D eigenvalue weighted by molar-refractivity contribution is 0.268. The Morgan fingerprint density at radius 2 is 2.18 bits per heavy atom. The largest absolute Gasteiger partial charge is 0.241 e. The molecule has 0 spiro atoms. The van der Waals surface area contributed by atoms with E-state index in [1.807, 2.05) is 0 Å². The Hall–Kier alpha value is -0.130. The summed E-state index contributed by atoms with van der Waals surface area (Å²) < 4.78 is 23.8. The lowest BCUT2D eigenvalue weighted by atomic mass is 10.3. The van der Waals surface area contributed by atoms with Crippen LogP contribution in [0.4, 0.5) is 0 Å². The van der Waals surface area contributed by atoms with E-state index in [0.717, 1.165) is 19.4 Å². The van der Waals surface area contributed by atoms with Gasteiger partial charge in [0.1, 0.15) is 0 Å². The van der Waals surface area contributed by atoms with Gasteiger partial charge in [-0.25, -0.2) is 13.8 Å². The van der Waals surface area contributed by atoms with Crippen molar-refractivity contribution >= 4 is 10.0 Å². The summed E-state index contributed by atoms with van der Waals surface area (Å²) in [5.74, 6) is 0.181. The molecular formula is C6H14N2O2S. The van der Waals surface area contributed by atoms with Gasteiger partial charge in [0.05, 0.1) is 5.75 Å². The van der Waals surface area contributed by atoms with Crippen LogP contribution in [0.15, 0.2) is 0 Å². The number of sulfonamides is 1. The number of hydrogen-bond donors (Lipinski definition) is 1. The molecule has 1 aliphatic rings. The number of nitrogens with zero attached hydrogens (tertiary/aromatic N) is 1. The SMILES string of the molecule is CCS(=O)(=O)N1CCCCN1. The van der Waals surface area contributed by atoms with Crippen LogP contribution in [-0.2, 0) is 10.0 Å². The van der Waals surface area contributed by atoms with Crippen LogP contribution >= 0.6 is 0 Å². The average Bonchev–Trinajstić information content (AvgIpc) is 2.06. The van der Waals surface area contributed by atoms with Crippen LogP contribution in [0, 0.1) is 0 Å². The predicted octanol–water partition coefficient (Wildman–Crippen LogP) is -0.0635. The van der Waals surface area contributed by atoms with Crippen molar-refractivity contribution in [1.82, 2.24) is 9.84 Å². The topological polar surface area (TPSA) is 49.4 Å². The Labute approximate surface area is 67.6 Å². The first-order chi connectivity index (χ1) is 5.17. The number of hydrazine groups is 1. The Kier molecular flexibility index (Phi) is 2.86. The number of hydrogen-bond acceptors (Lipinski definition) is 3. The van der Waals surface area contributed by atoms with Gasteiger partial charge in [-0.1, -0.05) is 0 Å². The molecule has 1 heterocycles. The molecule has 0 aliphatic carbocycles. The van der Waals surface area contributed by atoms with Crippen molar-refractivity contribution in [2.75, 3.05) is 18.8 Å². The predicted molar refractivity (Wildman–Crippen MR) is 43.4 cm³/mol. The zero-order valence-electron chi connectivity index (χ0n) is 6.71. The third-order valence-electron chi connectivity index (χ3n) is 1.78. The van der Waals surface area contributed by atoms with Gasteiger partial charge in [-0.2, -0.15) is 0 Å². The third-order valence-corrected chi connectivity index (χ3v) is 3.49. The quantitative estimate of drug-likeness (QED) is 0.644. The van der Waals surface area contributed by atoms with Crippen LogP contribution in [0.25, 0.3) is 0 Å². The summed E-state index contributed by atoms with van der Waals surface area (Å²) in [5.41, 5.74) is 2.86. The summed E-state index contributed by atoms with van der Waals surface area (Å²) in [4.78, 5) is 0. The van der Waals surface area contributed by atoms with Crippen molar-refractivity contribution in [3.05, 3.63) is 0 Å². The van der Waals surface area contributed by atoms with Crippen molar-refractivity contribution in [2.24, 2.45) is 0 Å². The van der Waals surface area contributed by atoms with Crippen molar-refractivity contribution in [3.63, 3.8) is 0 Å². The van der Waals surface area contributed by atoms with E-state index in [2.05, 4.69) is 5.43 Å². The fourth-order valence-electron chi connectivity index (χ4n) is 1.06. The first-order valence-corrected chi connectivity index (χ1v) is 5.51.